The minimum atomic E-state index is -0.750. The van der Waals surface area contributed by atoms with Crippen LogP contribution in [0, 0.1) is 0 Å². The van der Waals surface area contributed by atoms with Crippen molar-refractivity contribution in [2.75, 3.05) is 0 Å². The quantitative estimate of drug-likeness (QED) is 0.329. The van der Waals surface area contributed by atoms with Crippen molar-refractivity contribution in [3.63, 3.8) is 0 Å². The molecule has 0 aliphatic heterocycles. The first-order chi connectivity index (χ1) is 1.73. The van der Waals surface area contributed by atoms with Crippen LogP contribution in [-0.4, -0.2) is 13.4 Å². The minimum Gasteiger partial charge on any atom is -1.00 e. The van der Waals surface area contributed by atoms with E-state index in [1.165, 1.54) is 0 Å². The number of rotatable bonds is 0. The molecule has 0 aromatic rings. The van der Waals surface area contributed by atoms with Gasteiger partial charge in [-0.3, -0.25) is 0 Å². The van der Waals surface area contributed by atoms with Gasteiger partial charge in [0.05, 0.1) is 0 Å². The number of hydrogen-bond acceptors (Lipinski definition) is 0. The maximum atomic E-state index is 4.81. The summed E-state index contributed by atoms with van der Waals surface area (Å²) in [7, 11) is 0. The van der Waals surface area contributed by atoms with E-state index in [2.05, 4.69) is 0 Å². The third-order valence-electron chi connectivity index (χ3n) is 0. The molecule has 48 valence electrons. The van der Waals surface area contributed by atoms with E-state index in [4.69, 9.17) is 34.4 Å². The van der Waals surface area contributed by atoms with E-state index >= 15 is 0 Å². The van der Waals surface area contributed by atoms with Crippen molar-refractivity contribution in [1.29, 1.82) is 0 Å². The Balaban J connectivity index is -0.00000000750. The van der Waals surface area contributed by atoms with Crippen molar-refractivity contribution >= 4 is 47.8 Å². The predicted octanol–water partition coefficient (Wildman–Crippen LogP) is -7.68. The van der Waals surface area contributed by atoms with Crippen molar-refractivity contribution in [3.8, 4) is 0 Å². The van der Waals surface area contributed by atoms with Crippen LogP contribution in [0.2, 0.25) is 0 Å². The molecule has 0 N–H and O–H groups in total. The van der Waals surface area contributed by atoms with Gasteiger partial charge in [0.2, 0.25) is 0 Å². The summed E-state index contributed by atoms with van der Waals surface area (Å²) >= 11 is 14.4. The van der Waals surface area contributed by atoms with E-state index in [0.717, 1.165) is 0 Å². The van der Waals surface area contributed by atoms with Crippen molar-refractivity contribution < 1.29 is 14.1 Å². The zero-order chi connectivity index (χ0) is 3.58. The zero-order valence-corrected chi connectivity index (χ0v) is 5.69. The molecule has 0 radical (unpaired) electrons. The molecule has 0 aromatic carbocycles. The molecule has 0 nitrogen and oxygen atoms in total. The summed E-state index contributed by atoms with van der Waals surface area (Å²) in [5.41, 5.74) is 0. The Morgan fingerprint density at radius 3 is 0.750 bits per heavy atom. The van der Waals surface area contributed by atoms with Crippen LogP contribution in [0.5, 0.6) is 0 Å². The number of hydrogen-bond donors (Lipinski definition) is 0. The third kappa shape index (κ3) is 365. The molecule has 0 rings (SSSR count). The maximum absolute atomic E-state index is 4.81. The van der Waals surface area contributed by atoms with Crippen molar-refractivity contribution in [2.45, 2.75) is 0 Å². The first-order valence-corrected chi connectivity index (χ1v) is 1.96. The first-order valence-electron chi connectivity index (χ1n) is 0.655. The normalized spacial score (nSPS) is 3.38. The standard InChI is InChI=1S/BCl3.B.3FH/c2-1(3)4;;;;/h;;3*1H/q;+3;;;/p-3. The minimum absolute atomic E-state index is 0. The van der Waals surface area contributed by atoms with Crippen LogP contribution in [0.25, 0.3) is 0 Å². The molecule has 0 saturated carbocycles. The van der Waals surface area contributed by atoms with Crippen molar-refractivity contribution in [1.82, 2.24) is 0 Å². The van der Waals surface area contributed by atoms with Crippen LogP contribution in [0.4, 0.5) is 0 Å². The molecule has 0 fully saturated rings. The summed E-state index contributed by atoms with van der Waals surface area (Å²) < 4.78 is 0. The van der Waals surface area contributed by atoms with Gasteiger partial charge in [0, 0.05) is 0 Å². The largest absolute Gasteiger partial charge is 3.00 e. The van der Waals surface area contributed by atoms with Gasteiger partial charge in [-0.2, -0.15) is 34.4 Å². The van der Waals surface area contributed by atoms with Gasteiger partial charge < -0.3 is 14.1 Å². The van der Waals surface area contributed by atoms with Crippen LogP contribution in [0.15, 0.2) is 0 Å². The summed E-state index contributed by atoms with van der Waals surface area (Å²) in [5, 5.41) is 0. The Labute approximate surface area is 62.4 Å². The Morgan fingerprint density at radius 1 is 0.750 bits per heavy atom. The molecule has 0 amide bonds. The summed E-state index contributed by atoms with van der Waals surface area (Å²) in [6, 6.07) is 0. The van der Waals surface area contributed by atoms with Gasteiger partial charge >= 0.3 is 13.4 Å². The van der Waals surface area contributed by atoms with Gasteiger partial charge in [-0.15, -0.1) is 0 Å². The van der Waals surface area contributed by atoms with Gasteiger partial charge in [-0.25, -0.2) is 0 Å². The Morgan fingerprint density at radius 2 is 0.750 bits per heavy atom. The fraction of sp³-hybridized carbons (Fsp3) is 0. The van der Waals surface area contributed by atoms with E-state index in [0.29, 0.717) is 0 Å². The van der Waals surface area contributed by atoms with Crippen LogP contribution in [-0.2, 0) is 0 Å². The van der Waals surface area contributed by atoms with Gasteiger partial charge in [-0.05, 0) is 0 Å². The van der Waals surface area contributed by atoms with Crippen LogP contribution >= 0.6 is 34.4 Å². The summed E-state index contributed by atoms with van der Waals surface area (Å²) in [6.45, 7) is 0. The smallest absolute Gasteiger partial charge is 1.00 e. The molecule has 8 heteroatoms. The van der Waals surface area contributed by atoms with E-state index in [1.54, 1.807) is 0 Å². The zero-order valence-electron chi connectivity index (χ0n) is 3.42. The maximum Gasteiger partial charge on any atom is 3.00 e. The van der Waals surface area contributed by atoms with Gasteiger partial charge in [0.15, 0.2) is 0 Å². The van der Waals surface area contributed by atoms with Gasteiger partial charge in [-0.1, -0.05) is 0 Å². The molecule has 0 aliphatic carbocycles. The molecular weight excluding hydrogens is 185 g/mol. The molecule has 0 unspecified atom stereocenters. The van der Waals surface area contributed by atoms with E-state index in [9.17, 15) is 0 Å². The molecule has 0 bridgehead atoms. The molecular formula is B2Cl3F3. The van der Waals surface area contributed by atoms with Gasteiger partial charge in [0.25, 0.3) is 0 Å². The summed E-state index contributed by atoms with van der Waals surface area (Å²) in [4.78, 5) is -0.750. The molecule has 0 saturated heterocycles. The summed E-state index contributed by atoms with van der Waals surface area (Å²) in [5.74, 6) is 0. The average Bonchev–Trinajstić information content (AvgIpc) is 0.811. The second kappa shape index (κ2) is 25.0. The fourth-order valence-corrected chi connectivity index (χ4v) is 0. The van der Waals surface area contributed by atoms with Crippen molar-refractivity contribution in [2.24, 2.45) is 0 Å². The average molecular weight is 185 g/mol. The monoisotopic (exact) mass is 184 g/mol. The topological polar surface area (TPSA) is 0 Å². The van der Waals surface area contributed by atoms with E-state index in [1.807, 2.05) is 0 Å². The first kappa shape index (κ1) is 37.1. The Hall–Kier alpha value is 0.790. The summed E-state index contributed by atoms with van der Waals surface area (Å²) in [6.07, 6.45) is 0. The fourth-order valence-electron chi connectivity index (χ4n) is 0. The van der Waals surface area contributed by atoms with Crippen LogP contribution < -0.4 is 14.1 Å². The molecule has 0 heterocycles. The van der Waals surface area contributed by atoms with Crippen LogP contribution in [0.3, 0.4) is 0 Å². The third-order valence-corrected chi connectivity index (χ3v) is 0. The van der Waals surface area contributed by atoms with Gasteiger partial charge in [0.1, 0.15) is 0 Å². The van der Waals surface area contributed by atoms with E-state index < -0.39 is 4.96 Å². The SMILES string of the molecule is ClB(Cl)Cl.[B+3].[F-].[F-].[F-]. The van der Waals surface area contributed by atoms with E-state index in [-0.39, 0.29) is 22.5 Å². The predicted molar refractivity (Wildman–Crippen MR) is 29.1 cm³/mol. The molecule has 0 spiro atoms. The Kier molecular flexibility index (Phi) is 116. The molecule has 0 aliphatic rings. The second-order valence-electron chi connectivity index (χ2n) is 0.247. The molecule has 0 atom stereocenters. The number of halogens is 6. The molecule has 0 aromatic heterocycles. The van der Waals surface area contributed by atoms with Crippen molar-refractivity contribution in [3.05, 3.63) is 0 Å². The molecule has 8 heavy (non-hydrogen) atoms. The Bertz CT molecular complexity index is 17.2. The second-order valence-corrected chi connectivity index (χ2v) is 2.23. The van der Waals surface area contributed by atoms with Crippen LogP contribution in [0.1, 0.15) is 0 Å².